The van der Waals surface area contributed by atoms with Gasteiger partial charge in [0.1, 0.15) is 0 Å². The third-order valence-corrected chi connectivity index (χ3v) is 7.60. The number of carbonyl (C=O) groups excluding carboxylic acids is 1. The van der Waals surface area contributed by atoms with Crippen molar-refractivity contribution in [2.24, 2.45) is 5.92 Å². The minimum Gasteiger partial charge on any atom is -0.349 e. The highest BCUT2D eigenvalue weighted by molar-refractivity contribution is 5.80. The summed E-state index contributed by atoms with van der Waals surface area (Å²) in [6.45, 7) is 2.50. The molecule has 2 unspecified atom stereocenters. The molecule has 2 atom stereocenters. The molecular formula is C22H30N2O. The Morgan fingerprint density at radius 1 is 1.04 bits per heavy atom. The molecule has 5 rings (SSSR count). The molecule has 4 aliphatic rings. The van der Waals surface area contributed by atoms with E-state index >= 15 is 0 Å². The van der Waals surface area contributed by atoms with Crippen molar-refractivity contribution >= 4 is 5.91 Å². The fourth-order valence-electron chi connectivity index (χ4n) is 6.33. The first-order valence-electron chi connectivity index (χ1n) is 10.4. The van der Waals surface area contributed by atoms with Crippen LogP contribution in [0.15, 0.2) is 24.3 Å². The SMILES string of the molecule is O=C1CC2CC3(CCN(C4CCCCC4)CC3)c3ccccc3C2N1. The highest BCUT2D eigenvalue weighted by Gasteiger charge is 2.49. The highest BCUT2D eigenvalue weighted by atomic mass is 16.2. The molecular weight excluding hydrogens is 308 g/mol. The van der Waals surface area contributed by atoms with Crippen LogP contribution in [0.4, 0.5) is 0 Å². The molecule has 25 heavy (non-hydrogen) atoms. The Balaban J connectivity index is 1.40. The Kier molecular flexibility index (Phi) is 3.89. The second-order valence-electron chi connectivity index (χ2n) is 8.91. The van der Waals surface area contributed by atoms with E-state index in [2.05, 4.69) is 34.5 Å². The van der Waals surface area contributed by atoms with Crippen LogP contribution in [-0.2, 0) is 10.2 Å². The molecule has 3 fully saturated rings. The van der Waals surface area contributed by atoms with E-state index in [1.165, 1.54) is 70.0 Å². The number of fused-ring (bicyclic) bond motifs is 4. The number of piperidine rings is 1. The number of hydrogen-bond donors (Lipinski definition) is 1. The third kappa shape index (κ3) is 2.63. The monoisotopic (exact) mass is 338 g/mol. The van der Waals surface area contributed by atoms with Gasteiger partial charge in [0.15, 0.2) is 0 Å². The normalized spacial score (nSPS) is 32.2. The van der Waals surface area contributed by atoms with E-state index in [-0.39, 0.29) is 11.9 Å². The van der Waals surface area contributed by atoms with Crippen molar-refractivity contribution < 1.29 is 4.79 Å². The van der Waals surface area contributed by atoms with E-state index in [1.807, 2.05) is 0 Å². The van der Waals surface area contributed by atoms with Gasteiger partial charge in [-0.05, 0) is 67.7 Å². The average Bonchev–Trinajstić information content (AvgIpc) is 3.03. The quantitative estimate of drug-likeness (QED) is 0.841. The van der Waals surface area contributed by atoms with Crippen LogP contribution in [0.25, 0.3) is 0 Å². The molecule has 2 aliphatic heterocycles. The molecule has 0 bridgehead atoms. The minimum absolute atomic E-state index is 0.251. The zero-order valence-electron chi connectivity index (χ0n) is 15.2. The Bertz CT molecular complexity index is 656. The van der Waals surface area contributed by atoms with Crippen LogP contribution < -0.4 is 5.32 Å². The molecule has 2 saturated heterocycles. The third-order valence-electron chi connectivity index (χ3n) is 7.60. The summed E-state index contributed by atoms with van der Waals surface area (Å²) in [5, 5.41) is 3.25. The van der Waals surface area contributed by atoms with Crippen LogP contribution in [0, 0.1) is 5.92 Å². The first-order chi connectivity index (χ1) is 12.3. The zero-order valence-corrected chi connectivity index (χ0v) is 15.2. The van der Waals surface area contributed by atoms with Crippen LogP contribution in [0.2, 0.25) is 0 Å². The first-order valence-corrected chi connectivity index (χ1v) is 10.4. The Hall–Kier alpha value is -1.35. The Morgan fingerprint density at radius 3 is 2.60 bits per heavy atom. The lowest BCUT2D eigenvalue weighted by Gasteiger charge is -2.50. The number of likely N-dealkylation sites (tertiary alicyclic amines) is 1. The van der Waals surface area contributed by atoms with Crippen LogP contribution in [0.3, 0.4) is 0 Å². The van der Waals surface area contributed by atoms with Crippen LogP contribution in [0.5, 0.6) is 0 Å². The van der Waals surface area contributed by atoms with Crippen LogP contribution in [-0.4, -0.2) is 29.9 Å². The molecule has 1 amide bonds. The van der Waals surface area contributed by atoms with Gasteiger partial charge in [0.25, 0.3) is 0 Å². The summed E-state index contributed by atoms with van der Waals surface area (Å²) in [5.74, 6) is 0.755. The van der Waals surface area contributed by atoms with Gasteiger partial charge in [-0.1, -0.05) is 43.5 Å². The first kappa shape index (κ1) is 15.9. The van der Waals surface area contributed by atoms with E-state index in [0.29, 0.717) is 11.3 Å². The van der Waals surface area contributed by atoms with Gasteiger partial charge in [-0.15, -0.1) is 0 Å². The fourth-order valence-corrected chi connectivity index (χ4v) is 6.33. The molecule has 0 radical (unpaired) electrons. The lowest BCUT2D eigenvalue weighted by atomic mass is 9.60. The van der Waals surface area contributed by atoms with E-state index in [1.54, 1.807) is 5.56 Å². The predicted molar refractivity (Wildman–Crippen MR) is 99.4 cm³/mol. The summed E-state index contributed by atoms with van der Waals surface area (Å²) in [5.41, 5.74) is 3.27. The van der Waals surface area contributed by atoms with Crippen molar-refractivity contribution in [2.45, 2.75) is 75.3 Å². The van der Waals surface area contributed by atoms with Gasteiger partial charge in [-0.25, -0.2) is 0 Å². The van der Waals surface area contributed by atoms with Gasteiger partial charge in [-0.2, -0.15) is 0 Å². The largest absolute Gasteiger partial charge is 0.349 e. The molecule has 1 saturated carbocycles. The zero-order chi connectivity index (χ0) is 16.9. The minimum atomic E-state index is 0.251. The summed E-state index contributed by atoms with van der Waals surface area (Å²) in [7, 11) is 0. The van der Waals surface area contributed by atoms with E-state index in [9.17, 15) is 4.79 Å². The van der Waals surface area contributed by atoms with Gasteiger partial charge < -0.3 is 10.2 Å². The van der Waals surface area contributed by atoms with Crippen molar-refractivity contribution in [3.63, 3.8) is 0 Å². The number of rotatable bonds is 1. The Labute approximate surface area is 151 Å². The van der Waals surface area contributed by atoms with E-state index in [0.717, 1.165) is 12.5 Å². The lowest BCUT2D eigenvalue weighted by molar-refractivity contribution is -0.119. The van der Waals surface area contributed by atoms with Gasteiger partial charge in [-0.3, -0.25) is 4.79 Å². The average molecular weight is 338 g/mol. The molecule has 0 aromatic heterocycles. The topological polar surface area (TPSA) is 32.3 Å². The lowest BCUT2D eigenvalue weighted by Crippen LogP contribution is -2.50. The summed E-state index contributed by atoms with van der Waals surface area (Å²) >= 11 is 0. The smallest absolute Gasteiger partial charge is 0.220 e. The number of nitrogens with one attached hydrogen (secondary N) is 1. The van der Waals surface area contributed by atoms with Gasteiger partial charge in [0, 0.05) is 12.5 Å². The summed E-state index contributed by atoms with van der Waals surface area (Å²) in [4.78, 5) is 14.8. The maximum absolute atomic E-state index is 12.0. The highest BCUT2D eigenvalue weighted by Crippen LogP contribution is 2.53. The van der Waals surface area contributed by atoms with E-state index < -0.39 is 0 Å². The van der Waals surface area contributed by atoms with Gasteiger partial charge in [0.2, 0.25) is 5.91 Å². The molecule has 1 spiro atoms. The molecule has 3 nitrogen and oxygen atoms in total. The second kappa shape index (κ2) is 6.12. The summed E-state index contributed by atoms with van der Waals surface area (Å²) in [6.07, 6.45) is 11.6. The predicted octanol–water partition coefficient (Wildman–Crippen LogP) is 3.93. The second-order valence-corrected chi connectivity index (χ2v) is 8.91. The van der Waals surface area contributed by atoms with Crippen LogP contribution in [0.1, 0.15) is 75.0 Å². The standard InChI is InChI=1S/C22H30N2O/c25-20-14-16-15-22(19-9-5-4-8-18(19)21(16)23-20)10-12-24(13-11-22)17-6-2-1-3-7-17/h4-5,8-9,16-17,21H,1-3,6-7,10-15H2,(H,23,25). The molecule has 1 aromatic carbocycles. The van der Waals surface area contributed by atoms with Crippen molar-refractivity contribution in [2.75, 3.05) is 13.1 Å². The van der Waals surface area contributed by atoms with Crippen molar-refractivity contribution in [1.29, 1.82) is 0 Å². The summed E-state index contributed by atoms with van der Waals surface area (Å²) < 4.78 is 0. The van der Waals surface area contributed by atoms with Gasteiger partial charge >= 0.3 is 0 Å². The maximum Gasteiger partial charge on any atom is 0.220 e. The molecule has 1 N–H and O–H groups in total. The Morgan fingerprint density at radius 2 is 1.80 bits per heavy atom. The summed E-state index contributed by atoms with van der Waals surface area (Å²) in [6, 6.07) is 10.1. The van der Waals surface area contributed by atoms with Crippen molar-refractivity contribution in [3.05, 3.63) is 35.4 Å². The molecule has 1 aromatic rings. The number of carbonyl (C=O) groups is 1. The van der Waals surface area contributed by atoms with E-state index in [4.69, 9.17) is 0 Å². The molecule has 134 valence electrons. The number of amides is 1. The fraction of sp³-hybridized carbons (Fsp3) is 0.682. The number of benzene rings is 1. The number of hydrogen-bond acceptors (Lipinski definition) is 2. The van der Waals surface area contributed by atoms with Crippen molar-refractivity contribution in [3.8, 4) is 0 Å². The van der Waals surface area contributed by atoms with Crippen molar-refractivity contribution in [1.82, 2.24) is 10.2 Å². The molecule has 2 aliphatic carbocycles. The molecule has 2 heterocycles. The number of nitrogens with zero attached hydrogens (tertiary/aromatic N) is 1. The van der Waals surface area contributed by atoms with Crippen LogP contribution >= 0.6 is 0 Å². The van der Waals surface area contributed by atoms with Gasteiger partial charge in [0.05, 0.1) is 6.04 Å². The maximum atomic E-state index is 12.0. The molecule has 3 heteroatoms.